The number of piperidine rings is 1. The molecule has 0 saturated carbocycles. The van der Waals surface area contributed by atoms with E-state index in [1.807, 2.05) is 0 Å². The maximum Gasteiger partial charge on any atom is 0.221 e. The van der Waals surface area contributed by atoms with Gasteiger partial charge in [-0.15, -0.1) is 12.4 Å². The summed E-state index contributed by atoms with van der Waals surface area (Å²) in [4.78, 5) is 14.0. The number of nitrogens with one attached hydrogen (secondary N) is 1. The van der Waals surface area contributed by atoms with Crippen LogP contribution in [0.5, 0.6) is 0 Å². The van der Waals surface area contributed by atoms with Gasteiger partial charge in [-0.3, -0.25) is 9.69 Å². The summed E-state index contributed by atoms with van der Waals surface area (Å²) in [6, 6.07) is 0. The van der Waals surface area contributed by atoms with Gasteiger partial charge in [0.15, 0.2) is 0 Å². The molecule has 1 saturated heterocycles. The van der Waals surface area contributed by atoms with Crippen LogP contribution in [-0.4, -0.2) is 42.5 Å². The zero-order chi connectivity index (χ0) is 13.8. The van der Waals surface area contributed by atoms with Gasteiger partial charge < -0.3 is 11.1 Å². The number of carbonyl (C=O) groups is 1. The van der Waals surface area contributed by atoms with E-state index in [-0.39, 0.29) is 23.9 Å². The van der Waals surface area contributed by atoms with Crippen molar-refractivity contribution in [1.82, 2.24) is 10.2 Å². The van der Waals surface area contributed by atoms with Crippen LogP contribution in [0, 0.1) is 11.8 Å². The van der Waals surface area contributed by atoms with Crippen LogP contribution in [-0.2, 0) is 4.79 Å². The normalized spacial score (nSPS) is 24.7. The van der Waals surface area contributed by atoms with Crippen molar-refractivity contribution in [3.8, 4) is 0 Å². The number of nitrogens with zero attached hydrogens (tertiary/aromatic N) is 1. The van der Waals surface area contributed by atoms with Crippen LogP contribution >= 0.6 is 12.4 Å². The van der Waals surface area contributed by atoms with Crippen LogP contribution in [0.3, 0.4) is 0 Å². The monoisotopic (exact) mass is 291 g/mol. The molecule has 3 N–H and O–H groups in total. The second-order valence-corrected chi connectivity index (χ2v) is 6.48. The molecular formula is C14H30ClN3O. The highest BCUT2D eigenvalue weighted by molar-refractivity contribution is 5.85. The largest absolute Gasteiger partial charge is 0.354 e. The number of halogens is 1. The van der Waals surface area contributed by atoms with Crippen LogP contribution in [0.15, 0.2) is 0 Å². The predicted molar refractivity (Wildman–Crippen MR) is 82.5 cm³/mol. The van der Waals surface area contributed by atoms with E-state index in [0.717, 1.165) is 24.9 Å². The average Bonchev–Trinajstić information content (AvgIpc) is 2.26. The van der Waals surface area contributed by atoms with Gasteiger partial charge in [0.1, 0.15) is 0 Å². The Labute approximate surface area is 123 Å². The second kappa shape index (κ2) is 8.08. The summed E-state index contributed by atoms with van der Waals surface area (Å²) in [5, 5.41) is 2.99. The lowest BCUT2D eigenvalue weighted by molar-refractivity contribution is -0.121. The van der Waals surface area contributed by atoms with Gasteiger partial charge in [-0.2, -0.15) is 0 Å². The molecule has 0 aromatic rings. The quantitative estimate of drug-likeness (QED) is 0.809. The average molecular weight is 292 g/mol. The Bertz CT molecular complexity index is 274. The summed E-state index contributed by atoms with van der Waals surface area (Å²) in [6.45, 7) is 12.4. The third kappa shape index (κ3) is 6.11. The summed E-state index contributed by atoms with van der Waals surface area (Å²) in [7, 11) is 0. The van der Waals surface area contributed by atoms with Gasteiger partial charge in [0.25, 0.3) is 0 Å². The lowest BCUT2D eigenvalue weighted by atomic mass is 9.88. The van der Waals surface area contributed by atoms with E-state index >= 15 is 0 Å². The highest BCUT2D eigenvalue weighted by Gasteiger charge is 2.32. The third-order valence-electron chi connectivity index (χ3n) is 3.81. The van der Waals surface area contributed by atoms with E-state index in [1.165, 1.54) is 6.42 Å². The Morgan fingerprint density at radius 1 is 1.32 bits per heavy atom. The van der Waals surface area contributed by atoms with Crippen molar-refractivity contribution in [2.24, 2.45) is 17.6 Å². The molecule has 2 unspecified atom stereocenters. The van der Waals surface area contributed by atoms with Gasteiger partial charge in [0.05, 0.1) is 0 Å². The Morgan fingerprint density at radius 2 is 1.84 bits per heavy atom. The van der Waals surface area contributed by atoms with Gasteiger partial charge in [0.2, 0.25) is 5.91 Å². The number of nitrogens with two attached hydrogens (primary N) is 1. The van der Waals surface area contributed by atoms with E-state index in [9.17, 15) is 4.79 Å². The molecule has 0 aromatic carbocycles. The summed E-state index contributed by atoms with van der Waals surface area (Å²) in [5.41, 5.74) is 5.40. The molecule has 0 bridgehead atoms. The number of carbonyl (C=O) groups excluding carboxylic acids is 1. The molecule has 2 atom stereocenters. The Kier molecular flexibility index (Phi) is 7.94. The molecule has 5 heteroatoms. The van der Waals surface area contributed by atoms with E-state index in [4.69, 9.17) is 5.73 Å². The van der Waals surface area contributed by atoms with Crippen LogP contribution in [0.2, 0.25) is 0 Å². The second-order valence-electron chi connectivity index (χ2n) is 6.48. The van der Waals surface area contributed by atoms with Crippen molar-refractivity contribution in [2.75, 3.05) is 26.2 Å². The highest BCUT2D eigenvalue weighted by atomic mass is 35.5. The molecule has 19 heavy (non-hydrogen) atoms. The Balaban J connectivity index is 0.00000324. The molecule has 1 rings (SSSR count). The smallest absolute Gasteiger partial charge is 0.221 e. The number of rotatable bonds is 5. The molecule has 1 aliphatic heterocycles. The predicted octanol–water partition coefficient (Wildman–Crippen LogP) is 1.63. The van der Waals surface area contributed by atoms with Crippen molar-refractivity contribution >= 4 is 18.3 Å². The van der Waals surface area contributed by atoms with Crippen LogP contribution in [0.1, 0.15) is 40.5 Å². The van der Waals surface area contributed by atoms with Crippen LogP contribution in [0.25, 0.3) is 0 Å². The van der Waals surface area contributed by atoms with Gasteiger partial charge in [-0.05, 0) is 32.1 Å². The van der Waals surface area contributed by atoms with E-state index < -0.39 is 0 Å². The molecule has 0 aliphatic carbocycles. The number of amides is 1. The van der Waals surface area contributed by atoms with Crippen molar-refractivity contribution in [3.05, 3.63) is 0 Å². The molecule has 1 amide bonds. The van der Waals surface area contributed by atoms with Gasteiger partial charge >= 0.3 is 0 Å². The standard InChI is InChI=1S/C14H29N3O.ClH/c1-11-7-12(2)9-17(8-11)14(3,4)10-16-13(18)5-6-15;/h11-12H,5-10,15H2,1-4H3,(H,16,18);1H. The lowest BCUT2D eigenvalue weighted by Gasteiger charge is -2.45. The van der Waals surface area contributed by atoms with E-state index in [0.29, 0.717) is 19.5 Å². The SMILES string of the molecule is CC1CC(C)CN(C(C)(C)CNC(=O)CCN)C1.Cl. The Hall–Kier alpha value is -0.320. The minimum Gasteiger partial charge on any atom is -0.354 e. The third-order valence-corrected chi connectivity index (χ3v) is 3.81. The van der Waals surface area contributed by atoms with Gasteiger partial charge in [-0.1, -0.05) is 13.8 Å². The first kappa shape index (κ1) is 18.7. The minimum atomic E-state index is 0. The molecule has 0 spiro atoms. The number of hydrogen-bond acceptors (Lipinski definition) is 3. The zero-order valence-corrected chi connectivity index (χ0v) is 13.6. The van der Waals surface area contributed by atoms with Crippen LogP contribution < -0.4 is 11.1 Å². The molecule has 0 radical (unpaired) electrons. The maximum absolute atomic E-state index is 11.5. The zero-order valence-electron chi connectivity index (χ0n) is 12.7. The number of hydrogen-bond donors (Lipinski definition) is 2. The van der Waals surface area contributed by atoms with Gasteiger partial charge in [-0.25, -0.2) is 0 Å². The first-order chi connectivity index (χ1) is 8.35. The fraction of sp³-hybridized carbons (Fsp3) is 0.929. The topological polar surface area (TPSA) is 58.4 Å². The molecule has 1 fully saturated rings. The first-order valence-corrected chi connectivity index (χ1v) is 7.07. The van der Waals surface area contributed by atoms with Gasteiger partial charge in [0, 0.05) is 38.1 Å². The molecule has 4 nitrogen and oxygen atoms in total. The molecule has 114 valence electrons. The summed E-state index contributed by atoms with van der Waals surface area (Å²) in [5.74, 6) is 1.55. The summed E-state index contributed by atoms with van der Waals surface area (Å²) in [6.07, 6.45) is 1.73. The van der Waals surface area contributed by atoms with E-state index in [2.05, 4.69) is 37.9 Å². The first-order valence-electron chi connectivity index (χ1n) is 7.07. The van der Waals surface area contributed by atoms with Crippen molar-refractivity contribution in [2.45, 2.75) is 46.1 Å². The minimum absolute atomic E-state index is 0. The molecular weight excluding hydrogens is 262 g/mol. The van der Waals surface area contributed by atoms with Crippen LogP contribution in [0.4, 0.5) is 0 Å². The molecule has 1 aliphatic rings. The summed E-state index contributed by atoms with van der Waals surface area (Å²) >= 11 is 0. The fourth-order valence-electron chi connectivity index (χ4n) is 2.80. The van der Waals surface area contributed by atoms with Crippen molar-refractivity contribution in [1.29, 1.82) is 0 Å². The fourth-order valence-corrected chi connectivity index (χ4v) is 2.80. The van der Waals surface area contributed by atoms with E-state index in [1.54, 1.807) is 0 Å². The molecule has 1 heterocycles. The maximum atomic E-state index is 11.5. The molecule has 0 aromatic heterocycles. The Morgan fingerprint density at radius 3 is 2.32 bits per heavy atom. The van der Waals surface area contributed by atoms with Crippen molar-refractivity contribution < 1.29 is 4.79 Å². The lowest BCUT2D eigenvalue weighted by Crippen LogP contribution is -2.56. The highest BCUT2D eigenvalue weighted by Crippen LogP contribution is 2.26. The van der Waals surface area contributed by atoms with Crippen molar-refractivity contribution in [3.63, 3.8) is 0 Å². The summed E-state index contributed by atoms with van der Waals surface area (Å²) < 4.78 is 0. The number of likely N-dealkylation sites (tertiary alicyclic amines) is 1.